The lowest BCUT2D eigenvalue weighted by Crippen LogP contribution is -2.50. The molecule has 0 spiro atoms. The van der Waals surface area contributed by atoms with E-state index < -0.39 is 29.9 Å². The van der Waals surface area contributed by atoms with E-state index in [1.165, 1.54) is 16.5 Å². The first-order chi connectivity index (χ1) is 11.5. The van der Waals surface area contributed by atoms with Crippen molar-refractivity contribution in [1.29, 1.82) is 0 Å². The highest BCUT2D eigenvalue weighted by Crippen LogP contribution is 2.25. The van der Waals surface area contributed by atoms with Gasteiger partial charge in [0.2, 0.25) is 11.8 Å². The normalized spacial score (nSPS) is 19.5. The number of nitrogens with zero attached hydrogens (tertiary/aromatic N) is 1. The van der Waals surface area contributed by atoms with Crippen LogP contribution in [0.5, 0.6) is 0 Å². The average Bonchev–Trinajstić information content (AvgIpc) is 3.08. The number of rotatable bonds is 9. The van der Waals surface area contributed by atoms with E-state index in [-0.39, 0.29) is 18.9 Å². The Morgan fingerprint density at radius 2 is 2.17 bits per heavy atom. The van der Waals surface area contributed by atoms with E-state index in [9.17, 15) is 18.8 Å². The first kappa shape index (κ1) is 20.1. The van der Waals surface area contributed by atoms with Crippen molar-refractivity contribution < 1.29 is 24.0 Å². The summed E-state index contributed by atoms with van der Waals surface area (Å²) in [5, 5.41) is 11.3. The third-order valence-electron chi connectivity index (χ3n) is 4.16. The minimum Gasteiger partial charge on any atom is -0.351 e. The van der Waals surface area contributed by atoms with Gasteiger partial charge < -0.3 is 10.2 Å². The van der Waals surface area contributed by atoms with Crippen molar-refractivity contribution in [3.63, 3.8) is 0 Å². The number of amides is 3. The molecule has 7 nitrogen and oxygen atoms in total. The Morgan fingerprint density at radius 3 is 2.75 bits per heavy atom. The Bertz CT molecular complexity index is 472. The number of halogens is 1. The highest BCUT2D eigenvalue weighted by Gasteiger charge is 2.41. The summed E-state index contributed by atoms with van der Waals surface area (Å²) < 4.78 is 14.3. The number of hydrogen-bond acceptors (Lipinski definition) is 4. The van der Waals surface area contributed by atoms with Crippen LogP contribution in [0, 0.1) is 5.92 Å². The molecule has 8 heteroatoms. The van der Waals surface area contributed by atoms with Crippen LogP contribution in [-0.4, -0.2) is 53.1 Å². The molecule has 1 saturated heterocycles. The first-order valence-electron chi connectivity index (χ1n) is 8.25. The zero-order chi connectivity index (χ0) is 18.1. The molecule has 0 radical (unpaired) electrons. The summed E-state index contributed by atoms with van der Waals surface area (Å²) in [5.74, 6) is -3.31. The minimum absolute atomic E-state index is 0.182. The van der Waals surface area contributed by atoms with Gasteiger partial charge in [-0.2, -0.15) is 0 Å². The molecule has 0 saturated carbocycles. The molecule has 3 atom stereocenters. The van der Waals surface area contributed by atoms with Crippen LogP contribution < -0.4 is 10.8 Å². The zero-order valence-electron chi connectivity index (χ0n) is 14.0. The van der Waals surface area contributed by atoms with Crippen molar-refractivity contribution >= 4 is 17.7 Å². The number of hydroxylamine groups is 1. The Labute approximate surface area is 141 Å². The molecule has 0 aromatic heterocycles. The van der Waals surface area contributed by atoms with E-state index in [1.54, 1.807) is 0 Å². The van der Waals surface area contributed by atoms with Crippen molar-refractivity contribution in [3.05, 3.63) is 12.7 Å². The second kappa shape index (κ2) is 10.0. The predicted octanol–water partition coefficient (Wildman–Crippen LogP) is 0.930. The predicted molar refractivity (Wildman–Crippen MR) is 85.8 cm³/mol. The topological polar surface area (TPSA) is 98.7 Å². The molecule has 1 aliphatic heterocycles. The van der Waals surface area contributed by atoms with Crippen LogP contribution >= 0.6 is 0 Å². The van der Waals surface area contributed by atoms with Crippen LogP contribution in [0.4, 0.5) is 4.39 Å². The minimum atomic E-state index is -2.15. The molecule has 1 fully saturated rings. The maximum absolute atomic E-state index is 14.3. The summed E-state index contributed by atoms with van der Waals surface area (Å²) >= 11 is 0. The van der Waals surface area contributed by atoms with E-state index in [4.69, 9.17) is 5.21 Å². The Balaban J connectivity index is 2.88. The molecule has 1 rings (SSSR count). The highest BCUT2D eigenvalue weighted by molar-refractivity contribution is 5.92. The molecule has 136 valence electrons. The van der Waals surface area contributed by atoms with Gasteiger partial charge in [-0.15, -0.1) is 6.58 Å². The van der Waals surface area contributed by atoms with Crippen LogP contribution in [0.3, 0.4) is 0 Å². The SMILES string of the molecule is C=CCNC(=O)[C@@H]1CCCN1C(=O)[C@H](CCCC)[C@@H](F)C(=O)NO. The van der Waals surface area contributed by atoms with Crippen molar-refractivity contribution in [3.8, 4) is 0 Å². The standard InChI is InChI=1S/C16H26FN3O4/c1-3-5-7-11(13(17)15(22)19-24)16(23)20-10-6-8-12(20)14(21)18-9-4-2/h4,11-13,24H,2-3,5-10H2,1H3,(H,18,21)(H,19,22)/t11-,12+,13-/m1/s1. The summed E-state index contributed by atoms with van der Waals surface area (Å²) in [7, 11) is 0. The van der Waals surface area contributed by atoms with Gasteiger partial charge in [-0.05, 0) is 19.3 Å². The van der Waals surface area contributed by atoms with Crippen LogP contribution in [0.25, 0.3) is 0 Å². The first-order valence-corrected chi connectivity index (χ1v) is 8.25. The molecule has 0 unspecified atom stereocenters. The third kappa shape index (κ3) is 5.02. The summed E-state index contributed by atoms with van der Waals surface area (Å²) in [6.07, 6.45) is 2.01. The molecule has 24 heavy (non-hydrogen) atoms. The largest absolute Gasteiger partial charge is 0.351 e. The lowest BCUT2D eigenvalue weighted by molar-refractivity contribution is -0.149. The van der Waals surface area contributed by atoms with Gasteiger partial charge in [0.1, 0.15) is 6.04 Å². The molecule has 3 N–H and O–H groups in total. The van der Waals surface area contributed by atoms with Crippen molar-refractivity contribution in [2.24, 2.45) is 5.92 Å². The molecule has 1 heterocycles. The van der Waals surface area contributed by atoms with E-state index in [1.807, 2.05) is 6.92 Å². The number of hydrogen-bond donors (Lipinski definition) is 3. The fourth-order valence-electron chi connectivity index (χ4n) is 2.87. The number of carbonyl (C=O) groups excluding carboxylic acids is 3. The second-order valence-electron chi connectivity index (χ2n) is 5.85. The van der Waals surface area contributed by atoms with Crippen LogP contribution in [0.1, 0.15) is 39.0 Å². The van der Waals surface area contributed by atoms with E-state index in [2.05, 4.69) is 11.9 Å². The Morgan fingerprint density at radius 1 is 1.46 bits per heavy atom. The van der Waals surface area contributed by atoms with Gasteiger partial charge in [0, 0.05) is 13.1 Å². The third-order valence-corrected chi connectivity index (χ3v) is 4.16. The molecule has 3 amide bonds. The van der Waals surface area contributed by atoms with Crippen molar-refractivity contribution in [1.82, 2.24) is 15.7 Å². The molecular weight excluding hydrogens is 317 g/mol. The smallest absolute Gasteiger partial charge is 0.278 e. The summed E-state index contributed by atoms with van der Waals surface area (Å²) in [6.45, 7) is 6.04. The van der Waals surface area contributed by atoms with Crippen molar-refractivity contribution in [2.75, 3.05) is 13.1 Å². The van der Waals surface area contributed by atoms with Crippen molar-refractivity contribution in [2.45, 2.75) is 51.2 Å². The van der Waals surface area contributed by atoms with E-state index >= 15 is 0 Å². The number of likely N-dealkylation sites (tertiary alicyclic amines) is 1. The maximum atomic E-state index is 14.3. The van der Waals surface area contributed by atoms with Gasteiger partial charge in [-0.1, -0.05) is 25.8 Å². The van der Waals surface area contributed by atoms with Gasteiger partial charge in [-0.25, -0.2) is 9.87 Å². The molecular formula is C16H26FN3O4. The van der Waals surface area contributed by atoms with Gasteiger partial charge in [0.15, 0.2) is 6.17 Å². The van der Waals surface area contributed by atoms with Gasteiger partial charge >= 0.3 is 0 Å². The van der Waals surface area contributed by atoms with Gasteiger partial charge in [0.25, 0.3) is 5.91 Å². The highest BCUT2D eigenvalue weighted by atomic mass is 19.1. The number of carbonyl (C=O) groups is 3. The quantitative estimate of drug-likeness (QED) is 0.329. The zero-order valence-corrected chi connectivity index (χ0v) is 14.0. The van der Waals surface area contributed by atoms with Crippen LogP contribution in [0.2, 0.25) is 0 Å². The van der Waals surface area contributed by atoms with E-state index in [0.717, 1.165) is 6.42 Å². The van der Waals surface area contributed by atoms with E-state index in [0.29, 0.717) is 25.8 Å². The molecule has 0 aliphatic carbocycles. The lowest BCUT2D eigenvalue weighted by Gasteiger charge is -2.29. The monoisotopic (exact) mass is 343 g/mol. The number of unbranched alkanes of at least 4 members (excludes halogenated alkanes) is 1. The second-order valence-corrected chi connectivity index (χ2v) is 5.85. The summed E-state index contributed by atoms with van der Waals surface area (Å²) in [6, 6.07) is -0.661. The molecule has 0 bridgehead atoms. The molecule has 0 aromatic rings. The Kier molecular flexibility index (Phi) is 8.39. The number of alkyl halides is 1. The summed E-state index contributed by atoms with van der Waals surface area (Å²) in [5.41, 5.74) is 1.25. The van der Waals surface area contributed by atoms with Crippen LogP contribution in [0.15, 0.2) is 12.7 Å². The maximum Gasteiger partial charge on any atom is 0.278 e. The number of nitrogens with one attached hydrogen (secondary N) is 2. The fourth-order valence-corrected chi connectivity index (χ4v) is 2.87. The average molecular weight is 343 g/mol. The summed E-state index contributed by atoms with van der Waals surface area (Å²) in [4.78, 5) is 37.6. The fraction of sp³-hybridized carbons (Fsp3) is 0.688. The lowest BCUT2D eigenvalue weighted by atomic mass is 9.94. The molecule has 1 aliphatic rings. The van der Waals surface area contributed by atoms with Gasteiger partial charge in [-0.3, -0.25) is 19.6 Å². The molecule has 0 aromatic carbocycles. The van der Waals surface area contributed by atoms with Crippen LogP contribution in [-0.2, 0) is 14.4 Å². The Hall–Kier alpha value is -1.96. The van der Waals surface area contributed by atoms with Gasteiger partial charge in [0.05, 0.1) is 5.92 Å².